The summed E-state index contributed by atoms with van der Waals surface area (Å²) in [6.45, 7) is 0. The standard InChI is InChI=1S/C6H2F2I/c7-4-2-1-3-5(8)6(4)9/h2-3H. The van der Waals surface area contributed by atoms with Crippen molar-refractivity contribution in [3.05, 3.63) is 33.4 Å². The molecule has 0 amide bonds. The van der Waals surface area contributed by atoms with Gasteiger partial charge in [-0.15, -0.1) is 0 Å². The van der Waals surface area contributed by atoms with E-state index in [-0.39, 0.29) is 3.57 Å². The van der Waals surface area contributed by atoms with E-state index in [1.165, 1.54) is 0 Å². The van der Waals surface area contributed by atoms with Crippen LogP contribution >= 0.6 is 22.6 Å². The van der Waals surface area contributed by atoms with Gasteiger partial charge in [0.25, 0.3) is 0 Å². The molecule has 0 saturated carbocycles. The summed E-state index contributed by atoms with van der Waals surface area (Å²) in [5, 5.41) is 0. The summed E-state index contributed by atoms with van der Waals surface area (Å²) in [7, 11) is 0. The molecule has 1 radical (unpaired) electrons. The van der Waals surface area contributed by atoms with Crippen LogP contribution in [0.1, 0.15) is 0 Å². The van der Waals surface area contributed by atoms with Crippen molar-refractivity contribution in [3.63, 3.8) is 0 Å². The van der Waals surface area contributed by atoms with Crippen LogP contribution in [0.4, 0.5) is 8.78 Å². The van der Waals surface area contributed by atoms with Gasteiger partial charge in [-0.05, 0) is 40.8 Å². The van der Waals surface area contributed by atoms with E-state index >= 15 is 0 Å². The maximum atomic E-state index is 12.3. The highest BCUT2D eigenvalue weighted by atomic mass is 127. The minimum atomic E-state index is -0.560. The average Bonchev–Trinajstić information content (AvgIpc) is 1.83. The second-order valence-corrected chi connectivity index (χ2v) is 2.54. The van der Waals surface area contributed by atoms with E-state index in [1.54, 1.807) is 22.6 Å². The second kappa shape index (κ2) is 2.60. The molecule has 0 unspecified atom stereocenters. The lowest BCUT2D eigenvalue weighted by molar-refractivity contribution is 0.570. The fourth-order valence-corrected chi connectivity index (χ4v) is 0.740. The van der Waals surface area contributed by atoms with Crippen molar-refractivity contribution in [1.82, 2.24) is 0 Å². The maximum absolute atomic E-state index is 12.3. The van der Waals surface area contributed by atoms with Crippen molar-refractivity contribution >= 4 is 22.6 Å². The van der Waals surface area contributed by atoms with Crippen molar-refractivity contribution < 1.29 is 8.78 Å². The molecule has 3 heteroatoms. The van der Waals surface area contributed by atoms with Crippen LogP contribution in [0.2, 0.25) is 0 Å². The Balaban J connectivity index is 3.25. The lowest BCUT2D eigenvalue weighted by Crippen LogP contribution is -1.85. The normalized spacial score (nSPS) is 9.67. The number of rotatable bonds is 0. The molecule has 0 aromatic heterocycles. The van der Waals surface area contributed by atoms with Crippen molar-refractivity contribution in [3.8, 4) is 0 Å². The Morgan fingerprint density at radius 2 is 1.67 bits per heavy atom. The molecule has 0 aliphatic rings. The molecule has 1 rings (SSSR count). The molecular weight excluding hydrogens is 237 g/mol. The first-order valence-electron chi connectivity index (χ1n) is 2.22. The Morgan fingerprint density at radius 3 is 2.00 bits per heavy atom. The Kier molecular flexibility index (Phi) is 2.00. The van der Waals surface area contributed by atoms with Crippen molar-refractivity contribution in [2.24, 2.45) is 0 Å². The molecule has 9 heavy (non-hydrogen) atoms. The van der Waals surface area contributed by atoms with Gasteiger partial charge in [-0.1, -0.05) is 0 Å². The monoisotopic (exact) mass is 239 g/mol. The Labute approximate surface area is 65.0 Å². The first-order chi connectivity index (χ1) is 4.22. The number of halogens is 3. The zero-order valence-corrected chi connectivity index (χ0v) is 6.45. The van der Waals surface area contributed by atoms with Crippen LogP contribution in [0.3, 0.4) is 0 Å². The highest BCUT2D eigenvalue weighted by Gasteiger charge is 2.01. The van der Waals surface area contributed by atoms with Crippen LogP contribution in [0, 0.1) is 21.3 Å². The van der Waals surface area contributed by atoms with Gasteiger partial charge in [0, 0.05) is 0 Å². The van der Waals surface area contributed by atoms with Crippen molar-refractivity contribution in [2.75, 3.05) is 0 Å². The fourth-order valence-electron chi connectivity index (χ4n) is 0.429. The topological polar surface area (TPSA) is 0 Å². The van der Waals surface area contributed by atoms with E-state index in [0.29, 0.717) is 0 Å². The molecule has 0 spiro atoms. The zero-order valence-electron chi connectivity index (χ0n) is 4.29. The first-order valence-corrected chi connectivity index (χ1v) is 3.30. The Hall–Kier alpha value is -0.190. The summed E-state index contributed by atoms with van der Waals surface area (Å²) in [6.07, 6.45) is 0. The first kappa shape index (κ1) is 6.92. The van der Waals surface area contributed by atoms with Gasteiger partial charge in [-0.3, -0.25) is 0 Å². The van der Waals surface area contributed by atoms with E-state index in [0.717, 1.165) is 12.1 Å². The quantitative estimate of drug-likeness (QED) is 0.481. The van der Waals surface area contributed by atoms with Gasteiger partial charge in [-0.2, -0.15) is 0 Å². The van der Waals surface area contributed by atoms with Crippen molar-refractivity contribution in [1.29, 1.82) is 0 Å². The second-order valence-electron chi connectivity index (χ2n) is 1.47. The smallest absolute Gasteiger partial charge is 0.140 e. The van der Waals surface area contributed by atoms with Crippen LogP contribution in [0.5, 0.6) is 0 Å². The SMILES string of the molecule is Fc1c[c]cc(F)c1I. The van der Waals surface area contributed by atoms with Gasteiger partial charge in [0.05, 0.1) is 3.57 Å². The highest BCUT2D eigenvalue weighted by molar-refractivity contribution is 14.1. The number of hydrogen-bond donors (Lipinski definition) is 0. The molecule has 0 N–H and O–H groups in total. The minimum absolute atomic E-state index is 0.0198. The molecular formula is C6H2F2I. The lowest BCUT2D eigenvalue weighted by atomic mass is 10.3. The summed E-state index contributed by atoms with van der Waals surface area (Å²) in [4.78, 5) is 0. The summed E-state index contributed by atoms with van der Waals surface area (Å²) in [6, 6.07) is 4.52. The van der Waals surface area contributed by atoms with Gasteiger partial charge in [0.15, 0.2) is 0 Å². The van der Waals surface area contributed by atoms with E-state index < -0.39 is 11.6 Å². The Bertz CT molecular complexity index is 202. The van der Waals surface area contributed by atoms with E-state index in [1.807, 2.05) is 0 Å². The van der Waals surface area contributed by atoms with Gasteiger partial charge in [-0.25, -0.2) is 8.78 Å². The van der Waals surface area contributed by atoms with Gasteiger partial charge in [0.2, 0.25) is 0 Å². The Morgan fingerprint density at radius 1 is 1.22 bits per heavy atom. The van der Waals surface area contributed by atoms with Crippen LogP contribution in [-0.2, 0) is 0 Å². The fraction of sp³-hybridized carbons (Fsp3) is 0. The summed E-state index contributed by atoms with van der Waals surface area (Å²) in [5.41, 5.74) is 0. The predicted molar refractivity (Wildman–Crippen MR) is 37.9 cm³/mol. The summed E-state index contributed by atoms with van der Waals surface area (Å²) in [5.74, 6) is -1.12. The number of hydrogen-bond acceptors (Lipinski definition) is 0. The molecule has 0 aliphatic heterocycles. The van der Waals surface area contributed by atoms with Crippen LogP contribution in [-0.4, -0.2) is 0 Å². The average molecular weight is 239 g/mol. The third-order valence-corrected chi connectivity index (χ3v) is 1.87. The van der Waals surface area contributed by atoms with Gasteiger partial charge in [0.1, 0.15) is 11.6 Å². The summed E-state index contributed by atoms with van der Waals surface area (Å²) >= 11 is 1.60. The van der Waals surface area contributed by atoms with E-state index in [2.05, 4.69) is 6.07 Å². The molecule has 0 atom stereocenters. The van der Waals surface area contributed by atoms with E-state index in [9.17, 15) is 8.78 Å². The third-order valence-electron chi connectivity index (χ3n) is 0.839. The molecule has 0 aliphatic carbocycles. The zero-order chi connectivity index (χ0) is 6.85. The molecule has 1 aromatic carbocycles. The molecule has 0 saturated heterocycles. The molecule has 0 bridgehead atoms. The highest BCUT2D eigenvalue weighted by Crippen LogP contribution is 2.12. The molecule has 0 heterocycles. The molecule has 0 nitrogen and oxygen atoms in total. The molecule has 1 aromatic rings. The minimum Gasteiger partial charge on any atom is -0.206 e. The summed E-state index contributed by atoms with van der Waals surface area (Å²) < 4.78 is 24.6. The van der Waals surface area contributed by atoms with Gasteiger partial charge >= 0.3 is 0 Å². The van der Waals surface area contributed by atoms with Gasteiger partial charge < -0.3 is 0 Å². The van der Waals surface area contributed by atoms with Crippen LogP contribution in [0.25, 0.3) is 0 Å². The van der Waals surface area contributed by atoms with E-state index in [4.69, 9.17) is 0 Å². The maximum Gasteiger partial charge on any atom is 0.140 e. The largest absolute Gasteiger partial charge is 0.206 e. The molecule has 0 fully saturated rings. The van der Waals surface area contributed by atoms with Crippen LogP contribution < -0.4 is 0 Å². The van der Waals surface area contributed by atoms with Crippen LogP contribution in [0.15, 0.2) is 12.1 Å². The third kappa shape index (κ3) is 1.38. The number of benzene rings is 1. The predicted octanol–water partition coefficient (Wildman–Crippen LogP) is 2.37. The van der Waals surface area contributed by atoms with Crippen molar-refractivity contribution in [2.45, 2.75) is 0 Å². The lowest BCUT2D eigenvalue weighted by Gasteiger charge is -1.91. The molecule has 47 valence electrons.